The van der Waals surface area contributed by atoms with Crippen LogP contribution in [-0.4, -0.2) is 33.5 Å². The van der Waals surface area contributed by atoms with Crippen molar-refractivity contribution in [3.8, 4) is 0 Å². The summed E-state index contributed by atoms with van der Waals surface area (Å²) in [6.07, 6.45) is 8.54. The van der Waals surface area contributed by atoms with Gasteiger partial charge in [0.05, 0.1) is 0 Å². The fraction of sp³-hybridized carbons (Fsp3) is 1.00. The average molecular weight is 261 g/mol. The lowest BCUT2D eigenvalue weighted by Crippen LogP contribution is -2.30. The van der Waals surface area contributed by atoms with E-state index in [9.17, 15) is 8.42 Å². The summed E-state index contributed by atoms with van der Waals surface area (Å²) in [6, 6.07) is 0. The van der Waals surface area contributed by atoms with E-state index in [1.165, 1.54) is 31.9 Å². The third-order valence-electron chi connectivity index (χ3n) is 3.81. The number of rotatable bonds is 7. The number of nitrogens with one attached hydrogen (secondary N) is 1. The van der Waals surface area contributed by atoms with Crippen molar-refractivity contribution in [2.75, 3.05) is 25.1 Å². The lowest BCUT2D eigenvalue weighted by atomic mass is 9.77. The monoisotopic (exact) mass is 261 g/mol. The molecule has 102 valence electrons. The summed E-state index contributed by atoms with van der Waals surface area (Å²) in [4.78, 5) is 0. The molecule has 1 saturated carbocycles. The van der Waals surface area contributed by atoms with Gasteiger partial charge in [-0.25, -0.2) is 8.42 Å². The number of sulfone groups is 1. The Morgan fingerprint density at radius 2 is 1.82 bits per heavy atom. The van der Waals surface area contributed by atoms with E-state index in [2.05, 4.69) is 12.2 Å². The molecule has 0 bridgehead atoms. The highest BCUT2D eigenvalue weighted by Crippen LogP contribution is 2.32. The molecular formula is C13H27NO2S. The molecule has 0 aromatic rings. The second-order valence-electron chi connectivity index (χ2n) is 5.38. The Balaban J connectivity index is 2.32. The summed E-state index contributed by atoms with van der Waals surface area (Å²) in [5, 5.41) is 3.44. The molecule has 0 amide bonds. The van der Waals surface area contributed by atoms with Gasteiger partial charge in [0.25, 0.3) is 0 Å². The van der Waals surface area contributed by atoms with Gasteiger partial charge in [-0.1, -0.05) is 26.2 Å². The zero-order chi connectivity index (χ0) is 12.7. The third kappa shape index (κ3) is 6.41. The minimum absolute atomic E-state index is 0.359. The maximum absolute atomic E-state index is 11.1. The van der Waals surface area contributed by atoms with Crippen molar-refractivity contribution in [2.45, 2.75) is 45.4 Å². The topological polar surface area (TPSA) is 46.2 Å². The van der Waals surface area contributed by atoms with Crippen molar-refractivity contribution in [1.82, 2.24) is 5.32 Å². The molecule has 0 saturated heterocycles. The fourth-order valence-electron chi connectivity index (χ4n) is 2.87. The zero-order valence-corrected chi connectivity index (χ0v) is 12.1. The van der Waals surface area contributed by atoms with Crippen molar-refractivity contribution >= 4 is 9.84 Å². The molecule has 0 aromatic carbocycles. The first-order chi connectivity index (χ1) is 8.03. The molecule has 0 heterocycles. The van der Waals surface area contributed by atoms with Crippen molar-refractivity contribution in [1.29, 1.82) is 0 Å². The first-order valence-corrected chi connectivity index (χ1v) is 8.97. The van der Waals surface area contributed by atoms with Gasteiger partial charge in [-0.15, -0.1) is 0 Å². The van der Waals surface area contributed by atoms with Crippen LogP contribution in [0.4, 0.5) is 0 Å². The molecule has 3 nitrogen and oxygen atoms in total. The van der Waals surface area contributed by atoms with Gasteiger partial charge in [0, 0.05) is 12.0 Å². The van der Waals surface area contributed by atoms with Crippen LogP contribution in [-0.2, 0) is 9.84 Å². The molecule has 1 N–H and O–H groups in total. The standard InChI is InChI=1S/C13H27NO2S/c1-3-14-11-13-8-5-4-7-12(13)9-6-10-17(2,15)16/h12-14H,3-11H2,1-2H3. The van der Waals surface area contributed by atoms with Crippen LogP contribution in [0.1, 0.15) is 45.4 Å². The van der Waals surface area contributed by atoms with Gasteiger partial charge in [0.1, 0.15) is 9.84 Å². The second-order valence-corrected chi connectivity index (χ2v) is 7.64. The molecule has 0 aliphatic heterocycles. The number of hydrogen-bond acceptors (Lipinski definition) is 3. The first kappa shape index (κ1) is 15.0. The predicted molar refractivity (Wildman–Crippen MR) is 72.9 cm³/mol. The van der Waals surface area contributed by atoms with E-state index in [1.807, 2.05) is 0 Å². The summed E-state index contributed by atoms with van der Waals surface area (Å²) in [5.41, 5.74) is 0. The Kier molecular flexibility index (Phi) is 6.49. The largest absolute Gasteiger partial charge is 0.317 e. The highest BCUT2D eigenvalue weighted by atomic mass is 32.2. The van der Waals surface area contributed by atoms with Crippen LogP contribution in [0, 0.1) is 11.8 Å². The zero-order valence-electron chi connectivity index (χ0n) is 11.2. The van der Waals surface area contributed by atoms with Gasteiger partial charge in [0.2, 0.25) is 0 Å². The van der Waals surface area contributed by atoms with E-state index < -0.39 is 9.84 Å². The molecule has 1 aliphatic rings. The lowest BCUT2D eigenvalue weighted by Gasteiger charge is -2.31. The van der Waals surface area contributed by atoms with E-state index in [-0.39, 0.29) is 0 Å². The maximum atomic E-state index is 11.1. The minimum atomic E-state index is -2.77. The van der Waals surface area contributed by atoms with Crippen LogP contribution < -0.4 is 5.32 Å². The van der Waals surface area contributed by atoms with Gasteiger partial charge in [0.15, 0.2) is 0 Å². The third-order valence-corrected chi connectivity index (χ3v) is 4.84. The molecule has 0 radical (unpaired) electrons. The smallest absolute Gasteiger partial charge is 0.147 e. The second kappa shape index (κ2) is 7.37. The van der Waals surface area contributed by atoms with Gasteiger partial charge in [-0.2, -0.15) is 0 Å². The SMILES string of the molecule is CCNCC1CCCCC1CCCS(C)(=O)=O. The van der Waals surface area contributed by atoms with E-state index in [0.29, 0.717) is 5.75 Å². The van der Waals surface area contributed by atoms with Gasteiger partial charge in [-0.3, -0.25) is 0 Å². The van der Waals surface area contributed by atoms with Gasteiger partial charge >= 0.3 is 0 Å². The molecule has 4 heteroatoms. The predicted octanol–water partition coefficient (Wildman–Crippen LogP) is 2.23. The molecule has 0 spiro atoms. The minimum Gasteiger partial charge on any atom is -0.317 e. The van der Waals surface area contributed by atoms with Crippen LogP contribution in [0.3, 0.4) is 0 Å². The molecule has 17 heavy (non-hydrogen) atoms. The molecule has 2 unspecified atom stereocenters. The molecule has 1 rings (SSSR count). The Morgan fingerprint density at radius 1 is 1.18 bits per heavy atom. The highest BCUT2D eigenvalue weighted by Gasteiger charge is 2.24. The molecule has 2 atom stereocenters. The van der Waals surface area contributed by atoms with Crippen molar-refractivity contribution in [3.63, 3.8) is 0 Å². The van der Waals surface area contributed by atoms with Gasteiger partial charge in [-0.05, 0) is 44.2 Å². The summed E-state index contributed by atoms with van der Waals surface area (Å²) in [5.74, 6) is 1.87. The summed E-state index contributed by atoms with van der Waals surface area (Å²) in [7, 11) is -2.77. The van der Waals surface area contributed by atoms with E-state index >= 15 is 0 Å². The molecular weight excluding hydrogens is 234 g/mol. The van der Waals surface area contributed by atoms with Gasteiger partial charge < -0.3 is 5.32 Å². The van der Waals surface area contributed by atoms with Crippen LogP contribution in [0.5, 0.6) is 0 Å². The summed E-state index contributed by atoms with van der Waals surface area (Å²) >= 11 is 0. The molecule has 0 aromatic heterocycles. The quantitative estimate of drug-likeness (QED) is 0.764. The highest BCUT2D eigenvalue weighted by molar-refractivity contribution is 7.90. The Bertz CT molecular complexity index is 301. The normalized spacial score (nSPS) is 26.0. The lowest BCUT2D eigenvalue weighted by molar-refractivity contribution is 0.217. The Labute approximate surface area is 106 Å². The Hall–Kier alpha value is -0.0900. The van der Waals surface area contributed by atoms with Crippen LogP contribution in [0.2, 0.25) is 0 Å². The van der Waals surface area contributed by atoms with Crippen LogP contribution in [0.25, 0.3) is 0 Å². The average Bonchev–Trinajstić information content (AvgIpc) is 2.26. The summed E-state index contributed by atoms with van der Waals surface area (Å²) in [6.45, 7) is 4.29. The fourth-order valence-corrected chi connectivity index (χ4v) is 3.56. The first-order valence-electron chi connectivity index (χ1n) is 6.91. The van der Waals surface area contributed by atoms with E-state index in [1.54, 1.807) is 0 Å². The number of hydrogen-bond donors (Lipinski definition) is 1. The van der Waals surface area contributed by atoms with Crippen LogP contribution in [0.15, 0.2) is 0 Å². The van der Waals surface area contributed by atoms with Crippen LogP contribution >= 0.6 is 0 Å². The van der Waals surface area contributed by atoms with Crippen molar-refractivity contribution in [3.05, 3.63) is 0 Å². The van der Waals surface area contributed by atoms with Crippen molar-refractivity contribution < 1.29 is 8.42 Å². The van der Waals surface area contributed by atoms with E-state index in [4.69, 9.17) is 0 Å². The van der Waals surface area contributed by atoms with E-state index in [0.717, 1.165) is 37.8 Å². The summed E-state index contributed by atoms with van der Waals surface area (Å²) < 4.78 is 22.2. The van der Waals surface area contributed by atoms with Crippen molar-refractivity contribution in [2.24, 2.45) is 11.8 Å². The molecule has 1 fully saturated rings. The Morgan fingerprint density at radius 3 is 2.41 bits per heavy atom. The maximum Gasteiger partial charge on any atom is 0.147 e. The molecule has 1 aliphatic carbocycles.